The molecule has 3 aliphatic carbocycles. The van der Waals surface area contributed by atoms with Crippen molar-refractivity contribution in [2.75, 3.05) is 213 Å². The van der Waals surface area contributed by atoms with E-state index in [1.165, 1.54) is 111 Å². The highest BCUT2D eigenvalue weighted by Crippen LogP contribution is 2.39. The molecule has 8 aliphatic heterocycles. The quantitative estimate of drug-likeness (QED) is 0.0396. The number of morpholine rings is 7. The molecule has 7 aromatic heterocycles. The van der Waals surface area contributed by atoms with Crippen molar-refractivity contribution in [2.24, 2.45) is 17.8 Å². The van der Waals surface area contributed by atoms with Gasteiger partial charge in [0.2, 0.25) is 0 Å². The Morgan fingerprint density at radius 3 is 0.638 bits per heavy atom. The highest BCUT2D eigenvalue weighted by Gasteiger charge is 2.40. The summed E-state index contributed by atoms with van der Waals surface area (Å²) in [4.78, 5) is 50.6. The predicted octanol–water partition coefficient (Wildman–Crippen LogP) is 21.4. The Bertz CT molecular complexity index is 4280. The summed E-state index contributed by atoms with van der Waals surface area (Å²) in [5.74, 6) is 6.36. The first kappa shape index (κ1) is 112. The lowest BCUT2D eigenvalue weighted by molar-refractivity contribution is -0.113. The average Bonchev–Trinajstić information content (AvgIpc) is 1.81. The minimum absolute atomic E-state index is 0.0750. The molecule has 15 heterocycles. The Morgan fingerprint density at radius 2 is 0.461 bits per heavy atom. The van der Waals surface area contributed by atoms with E-state index in [9.17, 15) is 4.39 Å². The number of aromatic nitrogens is 7. The second-order valence-electron chi connectivity index (χ2n) is 44.6. The van der Waals surface area contributed by atoms with Crippen molar-refractivity contribution in [3.05, 3.63) is 168 Å². The molecule has 18 rings (SSSR count). The predicted molar refractivity (Wildman–Crippen MR) is 572 cm³/mol. The van der Waals surface area contributed by atoms with E-state index in [1.807, 2.05) is 43.4 Å². The SMILES string of the molecule is CC(C)c1ccc(N2CCOC(CCC3CC3)C2)cn1.CC(C)c1ccc(N2CCO[C@@H](CCC3CC3)C2)cn1.CC(C)c1ccc(N2CCO[C@H](CCC3CC3)C2)cn1.CC(C)c1ccc(N2CCO[C@H](CN3CC(F)C3)C2)cn1.COC(C)(C)C1CN(c2ccc(C(C)C)nc2)CCO1.COC(C)(C)[C@@H]1CN(c2ccc(C(C)C)nc2)CCO1.COC(C)(C)[C@H]1CN(c2ccc(C(C)C)nc2)CCO1. The highest BCUT2D eigenvalue weighted by molar-refractivity contribution is 5.51. The normalized spacial score (nSPS) is 22.3. The Kier molecular flexibility index (Phi) is 43.3. The lowest BCUT2D eigenvalue weighted by Crippen LogP contribution is -2.55. The third-order valence-electron chi connectivity index (χ3n) is 29.9. The van der Waals surface area contributed by atoms with Crippen LogP contribution < -0.4 is 34.3 Å². The summed E-state index contributed by atoms with van der Waals surface area (Å²) in [6, 6.07) is 30.2. The number of pyridine rings is 7. The van der Waals surface area contributed by atoms with Gasteiger partial charge < -0.3 is 81.7 Å². The molecule has 3 saturated carbocycles. The summed E-state index contributed by atoms with van der Waals surface area (Å²) in [7, 11) is 5.21. The zero-order valence-electron chi connectivity index (χ0n) is 90.6. The van der Waals surface area contributed by atoms with E-state index < -0.39 is 6.17 Å². The Morgan fingerprint density at radius 1 is 0.270 bits per heavy atom. The molecule has 7 aromatic rings. The number of hydrogen-bond acceptors (Lipinski definition) is 25. The summed E-state index contributed by atoms with van der Waals surface area (Å²) in [6.45, 7) is 63.2. The molecule has 7 atom stereocenters. The minimum Gasteiger partial charge on any atom is -0.376 e. The zero-order chi connectivity index (χ0) is 101. The molecule has 782 valence electrons. The Hall–Kier alpha value is -7.86. The molecule has 0 bridgehead atoms. The highest BCUT2D eigenvalue weighted by atomic mass is 19.1. The summed E-state index contributed by atoms with van der Waals surface area (Å²) in [5, 5.41) is 0. The first-order valence-corrected chi connectivity index (χ1v) is 53.9. The lowest BCUT2D eigenvalue weighted by atomic mass is 9.99. The van der Waals surface area contributed by atoms with Crippen LogP contribution in [0, 0.1) is 17.8 Å². The van der Waals surface area contributed by atoms with Gasteiger partial charge in [0.15, 0.2) is 0 Å². The number of halogens is 1. The van der Waals surface area contributed by atoms with E-state index in [0.29, 0.717) is 72.8 Å². The van der Waals surface area contributed by atoms with Crippen LogP contribution in [0.3, 0.4) is 0 Å². The van der Waals surface area contributed by atoms with Crippen LogP contribution in [0.5, 0.6) is 0 Å². The average molecular weight is 1950 g/mol. The minimum atomic E-state index is -0.641. The number of rotatable bonds is 31. The summed E-state index contributed by atoms with van der Waals surface area (Å²) in [6.07, 6.45) is 31.3. The smallest absolute Gasteiger partial charge is 0.125 e. The third kappa shape index (κ3) is 35.5. The fraction of sp³-hybridized carbons (Fsp3) is 0.696. The van der Waals surface area contributed by atoms with Gasteiger partial charge in [0.05, 0.1) is 171 Å². The number of likely N-dealkylation sites (tertiary alicyclic amines) is 1. The standard InChI is InChI=1S/3C17H26N2O.C16H24FN3O.3C16H26N2O2/c3*1-13(2)17-8-6-15(11-18-17)19-9-10-20-16(12-19)7-5-14-3-4-14;1-12(2)16-4-3-14(7-18-16)20-5-6-21-15(11-20)10-19-8-13(17)9-19;3*1-12(2)14-7-6-13(10-17-14)18-8-9-20-15(11-18)16(3,4)19-5/h3*6,8,11,13-14,16H,3-5,7,9-10,12H2,1-2H3;3-4,7,12-13,15H,5-6,8-11H2,1-2H3;3*6-7,10,12,15H,8-9,11H2,1-5H3/t2*16-;;3*15-;/m10.110./s1. The summed E-state index contributed by atoms with van der Waals surface area (Å²) < 4.78 is 70.6. The maximum absolute atomic E-state index is 12.9. The van der Waals surface area contributed by atoms with E-state index in [2.05, 4.69) is 297 Å². The van der Waals surface area contributed by atoms with Crippen LogP contribution in [0.4, 0.5) is 44.2 Å². The second kappa shape index (κ2) is 54.5. The molecular formula is C115H180FN15O10. The van der Waals surface area contributed by atoms with Crippen molar-refractivity contribution in [2.45, 2.75) is 323 Å². The van der Waals surface area contributed by atoms with E-state index in [0.717, 1.165) is 208 Å². The van der Waals surface area contributed by atoms with E-state index in [-0.39, 0.29) is 41.2 Å². The monoisotopic (exact) mass is 1950 g/mol. The van der Waals surface area contributed by atoms with Crippen molar-refractivity contribution in [1.82, 2.24) is 39.8 Å². The molecule has 11 fully saturated rings. The number of methoxy groups -OCH3 is 3. The van der Waals surface area contributed by atoms with Crippen molar-refractivity contribution in [3.63, 3.8) is 0 Å². The van der Waals surface area contributed by atoms with Gasteiger partial charge in [-0.25, -0.2) is 4.39 Å². The largest absolute Gasteiger partial charge is 0.376 e. The molecule has 11 aliphatic rings. The fourth-order valence-corrected chi connectivity index (χ4v) is 18.7. The maximum atomic E-state index is 12.9. The van der Waals surface area contributed by atoms with E-state index in [4.69, 9.17) is 47.4 Å². The fourth-order valence-electron chi connectivity index (χ4n) is 18.7. The van der Waals surface area contributed by atoms with Gasteiger partial charge in [0.25, 0.3) is 0 Å². The molecule has 0 spiro atoms. The summed E-state index contributed by atoms with van der Waals surface area (Å²) >= 11 is 0. The summed E-state index contributed by atoms with van der Waals surface area (Å²) in [5.41, 5.74) is 15.6. The topological polar surface area (TPSA) is 208 Å². The van der Waals surface area contributed by atoms with Gasteiger partial charge in [-0.2, -0.15) is 0 Å². The van der Waals surface area contributed by atoms with Crippen molar-refractivity contribution in [1.29, 1.82) is 0 Å². The molecule has 25 nitrogen and oxygen atoms in total. The van der Waals surface area contributed by atoms with Gasteiger partial charge in [-0.1, -0.05) is 135 Å². The van der Waals surface area contributed by atoms with Crippen molar-refractivity contribution in [3.8, 4) is 0 Å². The van der Waals surface area contributed by atoms with E-state index in [1.54, 1.807) is 21.3 Å². The molecule has 0 aromatic carbocycles. The molecule has 8 saturated heterocycles. The number of ether oxygens (including phenoxy) is 10. The maximum Gasteiger partial charge on any atom is 0.125 e. The number of anilines is 7. The van der Waals surface area contributed by atoms with Crippen LogP contribution in [0.2, 0.25) is 0 Å². The van der Waals surface area contributed by atoms with Gasteiger partial charge in [0.1, 0.15) is 24.5 Å². The first-order chi connectivity index (χ1) is 67.6. The van der Waals surface area contributed by atoms with Crippen LogP contribution in [0.1, 0.15) is 297 Å². The molecule has 26 heteroatoms. The molecule has 0 radical (unpaired) electrons. The van der Waals surface area contributed by atoms with Crippen LogP contribution in [-0.4, -0.2) is 284 Å². The van der Waals surface area contributed by atoms with Gasteiger partial charge in [-0.3, -0.25) is 39.8 Å². The molecule has 2 unspecified atom stereocenters. The molecule has 0 amide bonds. The molecule has 0 N–H and O–H groups in total. The van der Waals surface area contributed by atoms with Crippen molar-refractivity contribution < 1.29 is 51.8 Å². The van der Waals surface area contributed by atoms with Gasteiger partial charge >= 0.3 is 0 Å². The first-order valence-electron chi connectivity index (χ1n) is 53.9. The van der Waals surface area contributed by atoms with Gasteiger partial charge in [0, 0.05) is 172 Å². The van der Waals surface area contributed by atoms with Crippen molar-refractivity contribution >= 4 is 39.8 Å². The number of alkyl halides is 1. The van der Waals surface area contributed by atoms with Crippen LogP contribution in [0.15, 0.2) is 128 Å². The van der Waals surface area contributed by atoms with Crippen LogP contribution in [-0.2, 0) is 47.4 Å². The number of nitrogens with zero attached hydrogens (tertiary/aromatic N) is 15. The van der Waals surface area contributed by atoms with Crippen LogP contribution >= 0.6 is 0 Å². The van der Waals surface area contributed by atoms with Crippen LogP contribution in [0.25, 0.3) is 0 Å². The molecule has 141 heavy (non-hydrogen) atoms. The third-order valence-corrected chi connectivity index (χ3v) is 29.9. The van der Waals surface area contributed by atoms with Gasteiger partial charge in [-0.05, 0) is 224 Å². The second-order valence-corrected chi connectivity index (χ2v) is 44.6. The molecular weight excluding hydrogens is 1770 g/mol. The Balaban J connectivity index is 0.000000147. The number of hydrogen-bond donors (Lipinski definition) is 0. The van der Waals surface area contributed by atoms with E-state index >= 15 is 0 Å². The Labute approximate surface area is 848 Å². The zero-order valence-corrected chi connectivity index (χ0v) is 90.6. The lowest BCUT2D eigenvalue weighted by Gasteiger charge is -2.41. The van der Waals surface area contributed by atoms with Gasteiger partial charge in [-0.15, -0.1) is 0 Å².